The number of benzene rings is 1. The van der Waals surface area contributed by atoms with E-state index in [2.05, 4.69) is 56.0 Å². The summed E-state index contributed by atoms with van der Waals surface area (Å²) in [4.78, 5) is 22.1. The van der Waals surface area contributed by atoms with Crippen LogP contribution in [0.4, 0.5) is 5.95 Å². The molecule has 1 aromatic carbocycles. The summed E-state index contributed by atoms with van der Waals surface area (Å²) in [5.74, 6) is 3.85. The van der Waals surface area contributed by atoms with E-state index in [0.29, 0.717) is 11.1 Å². The summed E-state index contributed by atoms with van der Waals surface area (Å²) in [5.41, 5.74) is 3.19. The molecule has 0 N–H and O–H groups in total. The van der Waals surface area contributed by atoms with Gasteiger partial charge in [-0.2, -0.15) is 4.59 Å². The predicted octanol–water partition coefficient (Wildman–Crippen LogP) is 3.88. The third-order valence-electron chi connectivity index (χ3n) is 7.11. The van der Waals surface area contributed by atoms with Crippen molar-refractivity contribution in [2.24, 2.45) is 0 Å². The van der Waals surface area contributed by atoms with Gasteiger partial charge in [0.05, 0.1) is 31.6 Å². The van der Waals surface area contributed by atoms with Crippen LogP contribution in [0.2, 0.25) is 0 Å². The van der Waals surface area contributed by atoms with Gasteiger partial charge in [0.2, 0.25) is 5.95 Å². The lowest BCUT2D eigenvalue weighted by Crippen LogP contribution is -2.60. The van der Waals surface area contributed by atoms with E-state index in [1.165, 1.54) is 5.70 Å². The van der Waals surface area contributed by atoms with Crippen LogP contribution in [0.5, 0.6) is 5.75 Å². The summed E-state index contributed by atoms with van der Waals surface area (Å²) in [6.45, 7) is 5.11. The van der Waals surface area contributed by atoms with E-state index in [1.807, 2.05) is 41.2 Å². The third kappa shape index (κ3) is 5.26. The molecule has 0 aliphatic carbocycles. The number of aromatic nitrogens is 2. The minimum Gasteiger partial charge on any atom is -0.497 e. The first-order valence-corrected chi connectivity index (χ1v) is 12.9. The second kappa shape index (κ2) is 12.1. The van der Waals surface area contributed by atoms with E-state index in [1.54, 1.807) is 7.11 Å². The number of nitrogens with zero attached hydrogens (tertiary/aromatic N) is 6. The van der Waals surface area contributed by atoms with Crippen LogP contribution in [0.3, 0.4) is 0 Å². The Morgan fingerprint density at radius 1 is 1.05 bits per heavy atom. The van der Waals surface area contributed by atoms with Gasteiger partial charge in [-0.25, -0.2) is 4.98 Å². The van der Waals surface area contributed by atoms with Gasteiger partial charge in [0.1, 0.15) is 18.5 Å². The van der Waals surface area contributed by atoms with Crippen molar-refractivity contribution in [1.29, 1.82) is 0 Å². The van der Waals surface area contributed by atoms with Gasteiger partial charge in [0, 0.05) is 55.6 Å². The van der Waals surface area contributed by atoms with Crippen molar-refractivity contribution in [1.82, 2.24) is 19.5 Å². The predicted molar refractivity (Wildman–Crippen MR) is 155 cm³/mol. The average Bonchev–Trinajstić information content (AvgIpc) is 3.67. The first-order valence-electron chi connectivity index (χ1n) is 11.7. The standard InChI is InChI=1S/C25H29N6O2S.3ClH/c1-33-23-6-4-21(5-7-23)30-9-8-26-25(30)27-10-12-29(13-11-27)31-15-2-3-22(31)17-20(18-31)24(32)28-14-16-34-19-28;;;/h2-9,15,17H,10-14,16,18-19H2,1H3;3*1H/q+1;;;/t31-;;;/m1.../s1. The number of allylic oxidation sites excluding steroid dienone is 3. The SMILES string of the molecule is COc1ccc(-n2ccnc2N2CCN([N@@+]34C=CC=C3C=C(C(=O)N3CCSC3)C4)CC2)cc1.Cl.Cl.Cl. The first-order chi connectivity index (χ1) is 16.7. The van der Waals surface area contributed by atoms with Gasteiger partial charge in [0.15, 0.2) is 5.70 Å². The quantitative estimate of drug-likeness (QED) is 0.496. The molecule has 12 heteroatoms. The zero-order chi connectivity index (χ0) is 23.1. The molecule has 5 heterocycles. The van der Waals surface area contributed by atoms with Crippen molar-refractivity contribution in [3.05, 3.63) is 72.4 Å². The highest BCUT2D eigenvalue weighted by Gasteiger charge is 2.48. The van der Waals surface area contributed by atoms with Crippen molar-refractivity contribution in [3.8, 4) is 11.4 Å². The number of halogens is 3. The Kier molecular flexibility index (Phi) is 9.66. The number of imidazole rings is 1. The molecule has 6 rings (SSSR count). The van der Waals surface area contributed by atoms with Crippen LogP contribution in [0.1, 0.15) is 0 Å². The molecule has 2 fully saturated rings. The second-order valence-corrected chi connectivity index (χ2v) is 10.0. The zero-order valence-electron chi connectivity index (χ0n) is 20.6. The molecule has 37 heavy (non-hydrogen) atoms. The largest absolute Gasteiger partial charge is 0.497 e. The molecule has 2 aromatic rings. The van der Waals surface area contributed by atoms with Crippen molar-refractivity contribution >= 4 is 60.8 Å². The molecule has 2 saturated heterocycles. The number of hydrogen-bond donors (Lipinski definition) is 0. The maximum absolute atomic E-state index is 13.1. The number of methoxy groups -OCH3 is 1. The fourth-order valence-corrected chi connectivity index (χ4v) is 6.22. The molecule has 4 aliphatic rings. The smallest absolute Gasteiger partial charge is 0.256 e. The molecule has 0 unspecified atom stereocenters. The summed E-state index contributed by atoms with van der Waals surface area (Å²) in [5, 5.41) is 2.49. The minimum atomic E-state index is 0. The average molecular weight is 587 g/mol. The topological polar surface area (TPSA) is 53.8 Å². The van der Waals surface area contributed by atoms with Crippen molar-refractivity contribution in [2.45, 2.75) is 0 Å². The maximum Gasteiger partial charge on any atom is 0.256 e. The molecule has 0 bridgehead atoms. The lowest BCUT2D eigenvalue weighted by Gasteiger charge is -2.44. The van der Waals surface area contributed by atoms with Gasteiger partial charge in [0.25, 0.3) is 5.91 Å². The van der Waals surface area contributed by atoms with Crippen LogP contribution < -0.4 is 9.64 Å². The number of piperazine rings is 1. The highest BCUT2D eigenvalue weighted by Crippen LogP contribution is 2.38. The van der Waals surface area contributed by atoms with Crippen LogP contribution in [0.25, 0.3) is 5.69 Å². The molecule has 0 spiro atoms. The van der Waals surface area contributed by atoms with Crippen molar-refractivity contribution < 1.29 is 14.1 Å². The number of quaternary nitrogens is 1. The molecule has 1 aromatic heterocycles. The maximum atomic E-state index is 13.1. The Hall–Kier alpha value is -2.14. The molecular weight excluding hydrogens is 555 g/mol. The Morgan fingerprint density at radius 2 is 1.81 bits per heavy atom. The fraction of sp³-hybridized carbons (Fsp3) is 0.360. The minimum absolute atomic E-state index is 0. The fourth-order valence-electron chi connectivity index (χ4n) is 5.28. The number of thioether (sulfide) groups is 1. The zero-order valence-corrected chi connectivity index (χ0v) is 23.8. The molecule has 0 saturated carbocycles. The normalized spacial score (nSPS) is 22.4. The van der Waals surface area contributed by atoms with Gasteiger partial charge < -0.3 is 14.5 Å². The van der Waals surface area contributed by atoms with E-state index in [9.17, 15) is 4.79 Å². The van der Waals surface area contributed by atoms with E-state index < -0.39 is 0 Å². The Balaban J connectivity index is 0.00000127. The van der Waals surface area contributed by atoms with Gasteiger partial charge in [-0.1, -0.05) is 0 Å². The van der Waals surface area contributed by atoms with Crippen LogP contribution in [0.15, 0.2) is 72.4 Å². The van der Waals surface area contributed by atoms with Crippen LogP contribution >= 0.6 is 49.0 Å². The Bertz CT molecular complexity index is 1190. The Labute approximate surface area is 240 Å². The highest BCUT2D eigenvalue weighted by atomic mass is 35.5. The molecule has 1 atom stereocenters. The molecule has 0 radical (unpaired) electrons. The van der Waals surface area contributed by atoms with Gasteiger partial charge >= 0.3 is 0 Å². The summed E-state index contributed by atoms with van der Waals surface area (Å²) in [6.07, 6.45) is 12.5. The number of carbonyl (C=O) groups excluding carboxylic acids is 1. The number of ether oxygens (including phenoxy) is 1. The van der Waals surface area contributed by atoms with Crippen LogP contribution in [-0.4, -0.2) is 88.0 Å². The van der Waals surface area contributed by atoms with E-state index in [-0.39, 0.29) is 43.1 Å². The van der Waals surface area contributed by atoms with Crippen molar-refractivity contribution in [2.75, 3.05) is 62.9 Å². The second-order valence-electron chi connectivity index (χ2n) is 8.93. The number of hydrogen-bond acceptors (Lipinski definition) is 6. The summed E-state index contributed by atoms with van der Waals surface area (Å²) < 4.78 is 8.07. The number of rotatable bonds is 5. The molecule has 1 amide bonds. The highest BCUT2D eigenvalue weighted by molar-refractivity contribution is 7.99. The van der Waals surface area contributed by atoms with Gasteiger partial charge in [-0.05, 0) is 30.3 Å². The third-order valence-corrected chi connectivity index (χ3v) is 8.08. The Morgan fingerprint density at radius 3 is 2.49 bits per heavy atom. The monoisotopic (exact) mass is 585 g/mol. The summed E-state index contributed by atoms with van der Waals surface area (Å²) >= 11 is 1.83. The van der Waals surface area contributed by atoms with Crippen LogP contribution in [-0.2, 0) is 4.79 Å². The van der Waals surface area contributed by atoms with Gasteiger partial charge in [-0.15, -0.1) is 54.0 Å². The molecular formula is C25H32Cl3N6O2S+. The first kappa shape index (κ1) is 29.4. The number of amides is 1. The lowest BCUT2D eigenvalue weighted by atomic mass is 10.2. The summed E-state index contributed by atoms with van der Waals surface area (Å²) in [7, 11) is 1.68. The summed E-state index contributed by atoms with van der Waals surface area (Å²) in [6, 6.07) is 8.05. The van der Waals surface area contributed by atoms with E-state index in [4.69, 9.17) is 4.74 Å². The van der Waals surface area contributed by atoms with Crippen molar-refractivity contribution in [3.63, 3.8) is 0 Å². The molecule has 200 valence electrons. The molecule has 8 nitrogen and oxygen atoms in total. The number of fused-ring (bicyclic) bond motifs is 1. The van der Waals surface area contributed by atoms with E-state index in [0.717, 1.165) is 67.3 Å². The van der Waals surface area contributed by atoms with E-state index >= 15 is 0 Å². The van der Waals surface area contributed by atoms with Gasteiger partial charge in [-0.3, -0.25) is 9.36 Å². The number of carbonyl (C=O) groups is 1. The number of anilines is 1. The lowest BCUT2D eigenvalue weighted by molar-refractivity contribution is -0.948. The molecule has 4 aliphatic heterocycles. The van der Waals surface area contributed by atoms with Crippen LogP contribution in [0, 0.1) is 0 Å².